The van der Waals surface area contributed by atoms with Crippen LogP contribution in [0.25, 0.3) is 61.2 Å². The van der Waals surface area contributed by atoms with E-state index in [4.69, 9.17) is 14.6 Å². The molecule has 5 aliphatic rings. The number of carboxylic acids is 1. The Kier molecular flexibility index (Phi) is 18.3. The summed E-state index contributed by atoms with van der Waals surface area (Å²) in [6.45, 7) is 4.55. The van der Waals surface area contributed by atoms with Crippen molar-refractivity contribution in [2.75, 3.05) is 13.2 Å². The maximum Gasteiger partial charge on any atom is 0.309 e. The molecule has 426 valence electrons. The predicted molar refractivity (Wildman–Crippen MR) is 345 cm³/mol. The minimum Gasteiger partial charge on any atom is -0.481 e. The molecular weight excluding hydrogens is 1060 g/mol. The van der Waals surface area contributed by atoms with Crippen LogP contribution in [0.2, 0.25) is 0 Å². The molecule has 10 aromatic rings. The number of aldehydes is 1. The number of carbonyl (C=O) groups excluding carboxylic acids is 3. The van der Waals surface area contributed by atoms with Gasteiger partial charge in [-0.2, -0.15) is 0 Å². The van der Waals surface area contributed by atoms with Gasteiger partial charge in [0.05, 0.1) is 25.6 Å². The van der Waals surface area contributed by atoms with Crippen LogP contribution in [0.5, 0.6) is 0 Å². The number of benzene rings is 10. The van der Waals surface area contributed by atoms with Crippen molar-refractivity contribution >= 4 is 29.8 Å². The largest absolute Gasteiger partial charge is 0.481 e. The summed E-state index contributed by atoms with van der Waals surface area (Å²) in [4.78, 5) is 45.1. The van der Waals surface area contributed by atoms with Gasteiger partial charge in [0.25, 0.3) is 0 Å². The molecule has 7 heteroatoms. The van der Waals surface area contributed by atoms with Crippen LogP contribution in [0.1, 0.15) is 119 Å². The average Bonchev–Trinajstić information content (AvgIpc) is 2.38. The Morgan fingerprint density at radius 2 is 0.686 bits per heavy atom. The highest BCUT2D eigenvalue weighted by atomic mass is 16.5. The third kappa shape index (κ3) is 12.3. The van der Waals surface area contributed by atoms with Crippen molar-refractivity contribution in [1.29, 1.82) is 0 Å². The number of rotatable bonds is 11. The molecule has 0 aliphatic heterocycles. The van der Waals surface area contributed by atoms with E-state index >= 15 is 0 Å². The Bertz CT molecular complexity index is 3900. The summed E-state index contributed by atoms with van der Waals surface area (Å²) in [5.41, 5.74) is 26.7. The summed E-state index contributed by atoms with van der Waals surface area (Å²) in [5.74, 6) is -0.536. The van der Waals surface area contributed by atoms with Crippen LogP contribution in [-0.2, 0) is 35.1 Å². The van der Waals surface area contributed by atoms with Crippen LogP contribution in [0.3, 0.4) is 0 Å². The number of aliphatic carboxylic acids is 1. The van der Waals surface area contributed by atoms with E-state index in [2.05, 4.69) is 158 Å². The van der Waals surface area contributed by atoms with Crippen LogP contribution in [0.15, 0.2) is 249 Å². The molecule has 15 rings (SSSR count). The van der Waals surface area contributed by atoms with Gasteiger partial charge in [-0.05, 0) is 150 Å². The Labute approximate surface area is 504 Å². The second-order valence-electron chi connectivity index (χ2n) is 21.7. The van der Waals surface area contributed by atoms with Crippen molar-refractivity contribution in [2.45, 2.75) is 70.1 Å². The smallest absolute Gasteiger partial charge is 0.309 e. The molecule has 0 radical (unpaired) electrons. The van der Waals surface area contributed by atoms with E-state index in [0.29, 0.717) is 38.4 Å². The molecule has 0 aromatic heterocycles. The van der Waals surface area contributed by atoms with Crippen LogP contribution in [0, 0.1) is 0 Å². The van der Waals surface area contributed by atoms with Gasteiger partial charge in [0, 0.05) is 24.7 Å². The number of carboxylic acid groups (broad SMARTS) is 1. The maximum atomic E-state index is 11.6. The van der Waals surface area contributed by atoms with E-state index < -0.39 is 5.97 Å². The van der Waals surface area contributed by atoms with Crippen LogP contribution in [-0.4, -0.2) is 42.5 Å². The van der Waals surface area contributed by atoms with Crippen molar-refractivity contribution < 1.29 is 33.8 Å². The van der Waals surface area contributed by atoms with Gasteiger partial charge in [0.1, 0.15) is 6.29 Å². The van der Waals surface area contributed by atoms with Gasteiger partial charge in [-0.3, -0.25) is 14.4 Å². The second-order valence-corrected chi connectivity index (χ2v) is 21.7. The molecule has 0 fully saturated rings. The molecule has 7 nitrogen and oxygen atoms in total. The van der Waals surface area contributed by atoms with E-state index in [9.17, 15) is 19.2 Å². The highest BCUT2D eigenvalue weighted by Crippen LogP contribution is 2.49. The zero-order valence-electron chi connectivity index (χ0n) is 48.5. The van der Waals surface area contributed by atoms with E-state index in [1.54, 1.807) is 0 Å². The molecule has 5 aliphatic carbocycles. The molecule has 0 bridgehead atoms. The molecule has 1 N–H and O–H groups in total. The van der Waals surface area contributed by atoms with Crippen molar-refractivity contribution in [3.63, 3.8) is 0 Å². The first-order valence-corrected chi connectivity index (χ1v) is 29.8. The molecule has 0 unspecified atom stereocenters. The van der Waals surface area contributed by atoms with Crippen LogP contribution < -0.4 is 0 Å². The number of ether oxygens (including phenoxy) is 2. The molecule has 10 aromatic carbocycles. The second kappa shape index (κ2) is 27.2. The Morgan fingerprint density at radius 3 is 1.06 bits per heavy atom. The van der Waals surface area contributed by atoms with Crippen molar-refractivity contribution in [2.24, 2.45) is 0 Å². The lowest BCUT2D eigenvalue weighted by molar-refractivity contribution is -0.143. The lowest BCUT2D eigenvalue weighted by Crippen LogP contribution is -2.06. The summed E-state index contributed by atoms with van der Waals surface area (Å²) >= 11 is 0. The topological polar surface area (TPSA) is 107 Å². The first-order chi connectivity index (χ1) is 42.3. The van der Waals surface area contributed by atoms with Gasteiger partial charge in [0.15, 0.2) is 0 Å². The van der Waals surface area contributed by atoms with E-state index in [1.807, 2.05) is 105 Å². The molecular formula is C79H68O7. The monoisotopic (exact) mass is 1130 g/mol. The summed E-state index contributed by atoms with van der Waals surface area (Å²) in [5, 5.41) is 8.87. The number of fused-ring (bicyclic) bond motifs is 15. The van der Waals surface area contributed by atoms with E-state index in [-0.39, 0.29) is 30.2 Å². The van der Waals surface area contributed by atoms with Gasteiger partial charge in [0.2, 0.25) is 0 Å². The van der Waals surface area contributed by atoms with Crippen LogP contribution >= 0.6 is 0 Å². The molecule has 0 heterocycles. The zero-order chi connectivity index (χ0) is 59.4. The van der Waals surface area contributed by atoms with Gasteiger partial charge in [-0.25, -0.2) is 0 Å². The molecule has 0 amide bonds. The first-order valence-electron chi connectivity index (χ1n) is 29.8. The lowest BCUT2D eigenvalue weighted by Gasteiger charge is -2.12. The minimum absolute atomic E-state index is 0.0719. The highest BCUT2D eigenvalue weighted by Gasteiger charge is 2.31. The van der Waals surface area contributed by atoms with Crippen molar-refractivity contribution in [1.82, 2.24) is 0 Å². The van der Waals surface area contributed by atoms with E-state index in [1.165, 1.54) is 100 Å². The molecule has 0 atom stereocenters. The summed E-state index contributed by atoms with van der Waals surface area (Å²) < 4.78 is 10.0. The standard InChI is InChI=1S/C18H18O2.C18H16O2.C16H14O2.C14H10O.C13H10/c2*1-2-20-18(19)12-11-17-15-9-5-3-7-13(15)14-8-4-6-10-16(14)17;17-16(18)10-9-15-13-7-3-1-5-11(13)12-6-2-4-8-14(12)15;15-9-14-12-7-3-1-5-10(12)11-6-2-4-8-13(11)14;1-3-7-12-10(5-1)9-11-6-2-4-8-13(11)12/h3-10,17H,2,11-12H2,1H3;3-11H,2,12H2,1H3;1-8,15H,9-10H2,(H,17,18);1-9,14H;1-8H,9H2. The fourth-order valence-electron chi connectivity index (χ4n) is 13.0. The molecule has 0 saturated carbocycles. The Balaban J connectivity index is 0.000000112. The Morgan fingerprint density at radius 1 is 0.384 bits per heavy atom. The van der Waals surface area contributed by atoms with Gasteiger partial charge < -0.3 is 19.4 Å². The van der Waals surface area contributed by atoms with Crippen molar-refractivity contribution in [3.05, 3.63) is 304 Å². The molecule has 86 heavy (non-hydrogen) atoms. The number of carbonyl (C=O) groups is 4. The fraction of sp³-hybridized carbons (Fsp3) is 0.165. The number of hydrogen-bond acceptors (Lipinski definition) is 6. The number of hydrogen-bond donors (Lipinski definition) is 1. The summed E-state index contributed by atoms with van der Waals surface area (Å²) in [6, 6.07) is 83.7. The minimum atomic E-state index is -0.725. The Hall–Kier alpha value is -9.98. The predicted octanol–water partition coefficient (Wildman–Crippen LogP) is 18.1. The summed E-state index contributed by atoms with van der Waals surface area (Å²) in [6.07, 6.45) is 6.59. The maximum absolute atomic E-state index is 11.6. The third-order valence-corrected chi connectivity index (χ3v) is 16.7. The SMILES string of the molecule is CCOC(=O)CC=C1c2ccccc2-c2ccccc21.CCOC(=O)CCC1c2ccccc2-c2ccccc21.O=C(O)CCC1c2ccccc2-c2ccccc21.O=CC1c2ccccc2-c2ccccc21.c1ccc2c(c1)Cc1ccccc1-2. The van der Waals surface area contributed by atoms with Gasteiger partial charge in [-0.15, -0.1) is 0 Å². The quantitative estimate of drug-likeness (QED) is 0.102. The lowest BCUT2D eigenvalue weighted by atomic mass is 9.92. The van der Waals surface area contributed by atoms with Crippen molar-refractivity contribution in [3.8, 4) is 55.6 Å². The normalized spacial score (nSPS) is 12.7. The van der Waals surface area contributed by atoms with Crippen LogP contribution in [0.4, 0.5) is 0 Å². The van der Waals surface area contributed by atoms with Gasteiger partial charge in [-0.1, -0.05) is 249 Å². The highest BCUT2D eigenvalue weighted by molar-refractivity contribution is 6.01. The fourth-order valence-corrected chi connectivity index (χ4v) is 13.0. The van der Waals surface area contributed by atoms with Gasteiger partial charge >= 0.3 is 17.9 Å². The third-order valence-electron chi connectivity index (χ3n) is 16.7. The van der Waals surface area contributed by atoms with E-state index in [0.717, 1.165) is 35.8 Å². The molecule has 0 spiro atoms. The molecule has 0 saturated heterocycles. The average molecular weight is 1130 g/mol. The zero-order valence-corrected chi connectivity index (χ0v) is 48.5. The first kappa shape index (κ1) is 57.8. The summed E-state index contributed by atoms with van der Waals surface area (Å²) in [7, 11) is 0. The number of esters is 2.